The van der Waals surface area contributed by atoms with Crippen LogP contribution in [0.3, 0.4) is 0 Å². The minimum Gasteiger partial charge on any atom is -0.207 e. The molecule has 0 aromatic heterocycles. The van der Waals surface area contributed by atoms with Crippen molar-refractivity contribution in [2.24, 2.45) is 0 Å². The number of alkyl halides is 1. The molecule has 0 saturated carbocycles. The van der Waals surface area contributed by atoms with Gasteiger partial charge in [-0.15, -0.1) is 11.6 Å². The van der Waals surface area contributed by atoms with Gasteiger partial charge < -0.3 is 0 Å². The Balaban J connectivity index is 2.18. The maximum atomic E-state index is 13.6. The van der Waals surface area contributed by atoms with E-state index in [4.69, 9.17) is 11.6 Å². The minimum atomic E-state index is -0.449. The monoisotopic (exact) mass is 266 g/mol. The fourth-order valence-corrected chi connectivity index (χ4v) is 2.19. The Morgan fingerprint density at radius 1 is 1.06 bits per heavy atom. The fourth-order valence-electron chi connectivity index (χ4n) is 1.84. The summed E-state index contributed by atoms with van der Waals surface area (Å²) in [5, 5.41) is -0.449. The number of rotatable bonds is 3. The Kier molecular flexibility index (Phi) is 3.97. The Hall–Kier alpha value is -1.41. The third-order valence-corrected chi connectivity index (χ3v) is 3.21. The first kappa shape index (κ1) is 13.0. The smallest absolute Gasteiger partial charge is 0.127 e. The van der Waals surface area contributed by atoms with Crippen LogP contribution in [0.1, 0.15) is 22.1 Å². The number of halogens is 3. The molecule has 0 amide bonds. The summed E-state index contributed by atoms with van der Waals surface area (Å²) in [6.07, 6.45) is 0.474. The second kappa shape index (κ2) is 5.49. The summed E-state index contributed by atoms with van der Waals surface area (Å²) in [6, 6.07) is 11.0. The highest BCUT2D eigenvalue weighted by molar-refractivity contribution is 6.20. The van der Waals surface area contributed by atoms with Gasteiger partial charge in [0.2, 0.25) is 0 Å². The molecule has 2 aromatic carbocycles. The predicted molar refractivity (Wildman–Crippen MR) is 69.8 cm³/mol. The van der Waals surface area contributed by atoms with Gasteiger partial charge in [-0.3, -0.25) is 0 Å². The van der Waals surface area contributed by atoms with E-state index in [1.54, 1.807) is 24.3 Å². The van der Waals surface area contributed by atoms with Gasteiger partial charge in [-0.2, -0.15) is 0 Å². The van der Waals surface area contributed by atoms with E-state index in [2.05, 4.69) is 0 Å². The highest BCUT2D eigenvalue weighted by Crippen LogP contribution is 2.28. The highest BCUT2D eigenvalue weighted by Gasteiger charge is 2.13. The zero-order valence-corrected chi connectivity index (χ0v) is 10.7. The van der Waals surface area contributed by atoms with E-state index < -0.39 is 5.38 Å². The Labute approximate surface area is 110 Å². The summed E-state index contributed by atoms with van der Waals surface area (Å²) in [5.41, 5.74) is 2.34. The molecule has 0 radical (unpaired) electrons. The predicted octanol–water partition coefficient (Wildman–Crippen LogP) is 4.80. The Bertz CT molecular complexity index is 535. The van der Waals surface area contributed by atoms with Crippen LogP contribution in [0.4, 0.5) is 8.78 Å². The van der Waals surface area contributed by atoms with Gasteiger partial charge in [0.25, 0.3) is 0 Å². The SMILES string of the molecule is Cc1ccc(F)c(C(Cl)Cc2ccc(F)cc2)c1. The van der Waals surface area contributed by atoms with Crippen LogP contribution in [0.2, 0.25) is 0 Å². The summed E-state index contributed by atoms with van der Waals surface area (Å²) < 4.78 is 26.4. The summed E-state index contributed by atoms with van der Waals surface area (Å²) in [4.78, 5) is 0. The third kappa shape index (κ3) is 3.08. The van der Waals surface area contributed by atoms with Gasteiger partial charge in [-0.1, -0.05) is 29.8 Å². The normalized spacial score (nSPS) is 12.4. The van der Waals surface area contributed by atoms with Crippen LogP contribution in [0.15, 0.2) is 42.5 Å². The van der Waals surface area contributed by atoms with Crippen LogP contribution in [-0.2, 0) is 6.42 Å². The molecule has 0 spiro atoms. The minimum absolute atomic E-state index is 0.286. The maximum Gasteiger partial charge on any atom is 0.127 e. The molecule has 18 heavy (non-hydrogen) atoms. The third-order valence-electron chi connectivity index (χ3n) is 2.82. The molecule has 3 heteroatoms. The van der Waals surface area contributed by atoms with Crippen LogP contribution in [0, 0.1) is 18.6 Å². The van der Waals surface area contributed by atoms with E-state index >= 15 is 0 Å². The Morgan fingerprint density at radius 3 is 2.39 bits per heavy atom. The van der Waals surface area contributed by atoms with Gasteiger partial charge in [-0.25, -0.2) is 8.78 Å². The summed E-state index contributed by atoms with van der Waals surface area (Å²) in [5.74, 6) is -0.589. The molecule has 0 N–H and O–H groups in total. The number of aryl methyl sites for hydroxylation is 1. The molecule has 2 rings (SSSR count). The van der Waals surface area contributed by atoms with Gasteiger partial charge in [-0.05, 0) is 37.1 Å². The van der Waals surface area contributed by atoms with Gasteiger partial charge in [0.1, 0.15) is 11.6 Å². The summed E-state index contributed by atoms with van der Waals surface area (Å²) in [7, 11) is 0. The molecule has 0 fully saturated rings. The topological polar surface area (TPSA) is 0 Å². The van der Waals surface area contributed by atoms with Crippen LogP contribution in [0.5, 0.6) is 0 Å². The van der Waals surface area contributed by atoms with E-state index in [1.807, 2.05) is 6.92 Å². The first-order chi connectivity index (χ1) is 8.56. The number of hydrogen-bond donors (Lipinski definition) is 0. The second-order valence-electron chi connectivity index (χ2n) is 4.32. The van der Waals surface area contributed by atoms with E-state index in [1.165, 1.54) is 18.2 Å². The molecule has 0 nitrogen and oxygen atoms in total. The molecule has 2 aromatic rings. The average Bonchev–Trinajstić information content (AvgIpc) is 2.35. The van der Waals surface area contributed by atoms with Crippen molar-refractivity contribution < 1.29 is 8.78 Å². The molecule has 1 unspecified atom stereocenters. The van der Waals surface area contributed by atoms with Crippen LogP contribution in [0.25, 0.3) is 0 Å². The standard InChI is InChI=1S/C15H13ClF2/c1-10-2-7-15(18)13(8-10)14(16)9-11-3-5-12(17)6-4-11/h2-8,14H,9H2,1H3. The molecule has 0 heterocycles. The van der Waals surface area contributed by atoms with Crippen LogP contribution < -0.4 is 0 Å². The first-order valence-electron chi connectivity index (χ1n) is 5.71. The van der Waals surface area contributed by atoms with E-state index in [9.17, 15) is 8.78 Å². The molecule has 94 valence electrons. The van der Waals surface area contributed by atoms with Crippen LogP contribution >= 0.6 is 11.6 Å². The van der Waals surface area contributed by atoms with Crippen LogP contribution in [-0.4, -0.2) is 0 Å². The second-order valence-corrected chi connectivity index (χ2v) is 4.85. The highest BCUT2D eigenvalue weighted by atomic mass is 35.5. The first-order valence-corrected chi connectivity index (χ1v) is 6.14. The quantitative estimate of drug-likeness (QED) is 0.701. The lowest BCUT2D eigenvalue weighted by atomic mass is 10.0. The lowest BCUT2D eigenvalue weighted by molar-refractivity contribution is 0.604. The number of hydrogen-bond acceptors (Lipinski definition) is 0. The maximum absolute atomic E-state index is 13.6. The van der Waals surface area contributed by atoms with Gasteiger partial charge >= 0.3 is 0 Å². The van der Waals surface area contributed by atoms with Gasteiger partial charge in [0.05, 0.1) is 5.38 Å². The molecule has 0 aliphatic rings. The van der Waals surface area contributed by atoms with Gasteiger partial charge in [0, 0.05) is 5.56 Å². The fraction of sp³-hybridized carbons (Fsp3) is 0.200. The summed E-state index contributed by atoms with van der Waals surface area (Å²) in [6.45, 7) is 1.89. The molecular formula is C15H13ClF2. The lowest BCUT2D eigenvalue weighted by Crippen LogP contribution is -1.99. The van der Waals surface area contributed by atoms with Crippen molar-refractivity contribution >= 4 is 11.6 Å². The summed E-state index contributed by atoms with van der Waals surface area (Å²) >= 11 is 6.22. The van der Waals surface area contributed by atoms with E-state index in [0.717, 1.165) is 11.1 Å². The molecule has 0 aliphatic heterocycles. The zero-order valence-electron chi connectivity index (χ0n) is 9.96. The van der Waals surface area contributed by atoms with Crippen molar-refractivity contribution in [1.82, 2.24) is 0 Å². The lowest BCUT2D eigenvalue weighted by Gasteiger charge is -2.12. The van der Waals surface area contributed by atoms with Gasteiger partial charge in [0.15, 0.2) is 0 Å². The number of benzene rings is 2. The largest absolute Gasteiger partial charge is 0.207 e. The molecule has 0 bridgehead atoms. The average molecular weight is 267 g/mol. The van der Waals surface area contributed by atoms with E-state index in [-0.39, 0.29) is 11.6 Å². The van der Waals surface area contributed by atoms with Crippen molar-refractivity contribution in [2.45, 2.75) is 18.7 Å². The van der Waals surface area contributed by atoms with Crippen molar-refractivity contribution in [1.29, 1.82) is 0 Å². The van der Waals surface area contributed by atoms with Crippen molar-refractivity contribution in [3.63, 3.8) is 0 Å². The molecule has 0 aliphatic carbocycles. The van der Waals surface area contributed by atoms with Crippen molar-refractivity contribution in [2.75, 3.05) is 0 Å². The zero-order chi connectivity index (χ0) is 13.1. The van der Waals surface area contributed by atoms with Crippen molar-refractivity contribution in [3.8, 4) is 0 Å². The molecule has 1 atom stereocenters. The Morgan fingerprint density at radius 2 is 1.72 bits per heavy atom. The van der Waals surface area contributed by atoms with Crippen molar-refractivity contribution in [3.05, 3.63) is 70.8 Å². The van der Waals surface area contributed by atoms with E-state index in [0.29, 0.717) is 12.0 Å². The molecule has 0 saturated heterocycles. The molecular weight excluding hydrogens is 254 g/mol.